The number of rotatable bonds is 9. The molecular weight excluding hydrogens is 731 g/mol. The minimum atomic E-state index is -0.748. The van der Waals surface area contributed by atoms with Crippen molar-refractivity contribution in [3.63, 3.8) is 0 Å². The maximum atomic E-state index is 13.3. The zero-order valence-electron chi connectivity index (χ0n) is 29.0. The number of nitrogens with zero attached hydrogens (tertiary/aromatic N) is 5. The summed E-state index contributed by atoms with van der Waals surface area (Å²) in [5.41, 5.74) is 3.06. The molecule has 0 aliphatic carbocycles. The molecule has 1 aliphatic rings. The van der Waals surface area contributed by atoms with Crippen LogP contribution < -0.4 is 15.6 Å². The quantitative estimate of drug-likeness (QED) is 0.155. The standard InChI is InChI=1S/C37H35Cl3N6O6/c1-37(2,3)52-36(50)45(17-21-12-13-31(48)41-21)18-26-27(38)15-28(42-34(26)51-5)25-11-7-10-24(33(25)40)23-9-6-8-22(32(23)39)20-14-29-35(49)44(4)30(19-47)43-46(29)16-20/h6-11,14-16,19,21H,12-13,17-18H2,1-5H3,(H,41,48)/t21-/m0/s1. The van der Waals surface area contributed by atoms with Gasteiger partial charge in [0.25, 0.3) is 5.56 Å². The second-order valence-electron chi connectivity index (χ2n) is 13.4. The Hall–Kier alpha value is -4.91. The highest BCUT2D eigenvalue weighted by Gasteiger charge is 2.30. The van der Waals surface area contributed by atoms with E-state index in [0.29, 0.717) is 68.2 Å². The van der Waals surface area contributed by atoms with Gasteiger partial charge in [0.2, 0.25) is 11.8 Å². The number of ether oxygens (including phenoxy) is 2. The molecule has 1 aliphatic heterocycles. The molecule has 2 amide bonds. The molecule has 15 heteroatoms. The lowest BCUT2D eigenvalue weighted by Crippen LogP contribution is -2.43. The largest absolute Gasteiger partial charge is 0.481 e. The van der Waals surface area contributed by atoms with Gasteiger partial charge in [-0.25, -0.2) is 14.3 Å². The monoisotopic (exact) mass is 764 g/mol. The number of pyridine rings is 1. The smallest absolute Gasteiger partial charge is 0.410 e. The van der Waals surface area contributed by atoms with Crippen LogP contribution >= 0.6 is 34.8 Å². The number of carbonyl (C=O) groups excluding carboxylic acids is 3. The average molecular weight is 766 g/mol. The number of aldehydes is 1. The van der Waals surface area contributed by atoms with E-state index in [4.69, 9.17) is 49.3 Å². The highest BCUT2D eigenvalue weighted by atomic mass is 35.5. The Labute approximate surface area is 314 Å². The summed E-state index contributed by atoms with van der Waals surface area (Å²) in [6.07, 6.45) is 2.56. The van der Waals surface area contributed by atoms with Crippen LogP contribution in [0.15, 0.2) is 59.5 Å². The van der Waals surface area contributed by atoms with Crippen molar-refractivity contribution in [3.8, 4) is 39.4 Å². The minimum Gasteiger partial charge on any atom is -0.481 e. The summed E-state index contributed by atoms with van der Waals surface area (Å²) in [7, 11) is 2.94. The van der Waals surface area contributed by atoms with Crippen molar-refractivity contribution in [1.29, 1.82) is 0 Å². The van der Waals surface area contributed by atoms with Crippen LogP contribution in [-0.4, -0.2) is 67.6 Å². The fraction of sp³-hybridized carbons (Fsp3) is 0.297. The van der Waals surface area contributed by atoms with E-state index in [2.05, 4.69) is 10.4 Å². The first-order valence-corrected chi connectivity index (χ1v) is 17.5. The van der Waals surface area contributed by atoms with Crippen LogP contribution in [0.2, 0.25) is 15.1 Å². The van der Waals surface area contributed by atoms with Crippen molar-refractivity contribution in [2.75, 3.05) is 13.7 Å². The summed E-state index contributed by atoms with van der Waals surface area (Å²) < 4.78 is 13.9. The lowest BCUT2D eigenvalue weighted by atomic mass is 9.97. The zero-order chi connectivity index (χ0) is 37.5. The number of carbonyl (C=O) groups is 3. The van der Waals surface area contributed by atoms with Gasteiger partial charge in [0.15, 0.2) is 12.1 Å². The van der Waals surface area contributed by atoms with Gasteiger partial charge in [-0.05, 0) is 39.3 Å². The van der Waals surface area contributed by atoms with Crippen molar-refractivity contribution in [1.82, 2.24) is 29.4 Å². The predicted molar refractivity (Wildman–Crippen MR) is 199 cm³/mol. The molecule has 12 nitrogen and oxygen atoms in total. The third-order valence-corrected chi connectivity index (χ3v) is 9.76. The van der Waals surface area contributed by atoms with E-state index in [1.54, 1.807) is 45.2 Å². The van der Waals surface area contributed by atoms with Gasteiger partial charge >= 0.3 is 6.09 Å². The number of hydrogen-bond acceptors (Lipinski definition) is 8. The number of nitrogens with one attached hydrogen (secondary N) is 1. The van der Waals surface area contributed by atoms with Gasteiger partial charge in [-0.15, -0.1) is 5.10 Å². The molecule has 1 N–H and O–H groups in total. The summed E-state index contributed by atoms with van der Waals surface area (Å²) >= 11 is 21.0. The highest BCUT2D eigenvalue weighted by molar-refractivity contribution is 6.39. The third kappa shape index (κ3) is 7.37. The second-order valence-corrected chi connectivity index (χ2v) is 14.5. The number of hydrogen-bond donors (Lipinski definition) is 1. The molecule has 52 heavy (non-hydrogen) atoms. The van der Waals surface area contributed by atoms with Crippen LogP contribution in [0.3, 0.4) is 0 Å². The molecule has 4 heterocycles. The van der Waals surface area contributed by atoms with Crippen molar-refractivity contribution >= 4 is 58.6 Å². The summed E-state index contributed by atoms with van der Waals surface area (Å²) in [4.78, 5) is 55.8. The molecule has 1 atom stereocenters. The zero-order valence-corrected chi connectivity index (χ0v) is 31.3. The molecule has 0 radical (unpaired) electrons. The van der Waals surface area contributed by atoms with Gasteiger partial charge in [-0.1, -0.05) is 71.2 Å². The number of benzene rings is 2. The van der Waals surface area contributed by atoms with E-state index in [9.17, 15) is 19.2 Å². The van der Waals surface area contributed by atoms with E-state index in [1.807, 2.05) is 30.3 Å². The Balaban J connectivity index is 1.35. The van der Waals surface area contributed by atoms with Gasteiger partial charge in [-0.2, -0.15) is 0 Å². The van der Waals surface area contributed by atoms with Crippen LogP contribution in [0.25, 0.3) is 39.0 Å². The summed E-state index contributed by atoms with van der Waals surface area (Å²) in [6, 6.07) is 14.0. The number of fused-ring (bicyclic) bond motifs is 1. The van der Waals surface area contributed by atoms with Crippen LogP contribution in [0.1, 0.15) is 49.8 Å². The van der Waals surface area contributed by atoms with E-state index >= 15 is 0 Å². The first kappa shape index (κ1) is 36.9. The Morgan fingerprint density at radius 1 is 1.04 bits per heavy atom. The maximum absolute atomic E-state index is 13.3. The SMILES string of the molecule is COc1nc(-c2cccc(-c3cccc(-c4cc5c(=O)n(C)c(C=O)nn5c4)c3Cl)c2Cl)cc(Cl)c1CN(C[C@@H]1CCC(=O)N1)C(=O)OC(C)(C)C. The summed E-state index contributed by atoms with van der Waals surface area (Å²) in [5.74, 6) is 0.104. The molecule has 0 saturated carbocycles. The molecule has 1 fully saturated rings. The van der Waals surface area contributed by atoms with Crippen molar-refractivity contribution in [2.24, 2.45) is 7.05 Å². The normalized spacial score (nSPS) is 14.4. The molecule has 5 aromatic rings. The van der Waals surface area contributed by atoms with E-state index in [0.717, 1.165) is 0 Å². The molecule has 270 valence electrons. The molecule has 0 spiro atoms. The molecule has 0 unspecified atom stereocenters. The molecule has 1 saturated heterocycles. The summed E-state index contributed by atoms with van der Waals surface area (Å²) in [5, 5.41) is 8.15. The maximum Gasteiger partial charge on any atom is 0.410 e. The number of halogens is 3. The summed E-state index contributed by atoms with van der Waals surface area (Å²) in [6.45, 7) is 5.56. The molecule has 2 aromatic carbocycles. The number of amides is 2. The predicted octanol–water partition coefficient (Wildman–Crippen LogP) is 7.23. The van der Waals surface area contributed by atoms with Crippen molar-refractivity contribution in [3.05, 3.63) is 91.5 Å². The van der Waals surface area contributed by atoms with Gasteiger partial charge in [0, 0.05) is 60.1 Å². The molecular formula is C37H35Cl3N6O6. The van der Waals surface area contributed by atoms with Gasteiger partial charge in [0.1, 0.15) is 11.1 Å². The lowest BCUT2D eigenvalue weighted by molar-refractivity contribution is -0.119. The number of aromatic nitrogens is 4. The fourth-order valence-corrected chi connectivity index (χ4v) is 6.97. The van der Waals surface area contributed by atoms with Gasteiger partial charge in [-0.3, -0.25) is 19.0 Å². The highest BCUT2D eigenvalue weighted by Crippen LogP contribution is 2.43. The van der Waals surface area contributed by atoms with Crippen molar-refractivity contribution in [2.45, 2.75) is 51.8 Å². The first-order valence-electron chi connectivity index (χ1n) is 16.3. The van der Waals surface area contributed by atoms with Gasteiger partial charge < -0.3 is 19.7 Å². The Morgan fingerprint density at radius 2 is 1.69 bits per heavy atom. The van der Waals surface area contributed by atoms with E-state index < -0.39 is 11.7 Å². The number of methoxy groups -OCH3 is 1. The molecule has 6 rings (SSSR count). The molecule has 0 bridgehead atoms. The average Bonchev–Trinajstić information content (AvgIpc) is 3.72. The van der Waals surface area contributed by atoms with Crippen LogP contribution in [0.5, 0.6) is 5.88 Å². The molecule has 3 aromatic heterocycles. The third-order valence-electron chi connectivity index (χ3n) is 8.61. The van der Waals surface area contributed by atoms with Crippen molar-refractivity contribution < 1.29 is 23.9 Å². The lowest BCUT2D eigenvalue weighted by Gasteiger charge is -2.29. The Kier molecular flexibility index (Phi) is 10.4. The van der Waals surface area contributed by atoms with Crippen LogP contribution in [0, 0.1) is 0 Å². The Bertz CT molecular complexity index is 2300. The fourth-order valence-electron chi connectivity index (χ4n) is 6.07. The topological polar surface area (TPSA) is 137 Å². The van der Waals surface area contributed by atoms with E-state index in [1.165, 1.54) is 28.1 Å². The van der Waals surface area contributed by atoms with Crippen LogP contribution in [-0.2, 0) is 23.1 Å². The van der Waals surface area contributed by atoms with Crippen LogP contribution in [0.4, 0.5) is 4.79 Å². The first-order chi connectivity index (χ1) is 24.7. The Morgan fingerprint density at radius 3 is 2.31 bits per heavy atom. The second kappa shape index (κ2) is 14.6. The van der Waals surface area contributed by atoms with E-state index in [-0.39, 0.29) is 52.8 Å². The van der Waals surface area contributed by atoms with Gasteiger partial charge in [0.05, 0.1) is 40.0 Å². The minimum absolute atomic E-state index is 0.0131.